The van der Waals surface area contributed by atoms with E-state index in [1.807, 2.05) is 0 Å². The van der Waals surface area contributed by atoms with Crippen LogP contribution in [0.4, 0.5) is 10.1 Å². The van der Waals surface area contributed by atoms with Crippen LogP contribution in [0.5, 0.6) is 0 Å². The van der Waals surface area contributed by atoms with E-state index >= 15 is 0 Å². The van der Waals surface area contributed by atoms with Gasteiger partial charge in [-0.25, -0.2) is 17.6 Å². The van der Waals surface area contributed by atoms with E-state index in [0.29, 0.717) is 18.7 Å². The number of sulfonamides is 1. The van der Waals surface area contributed by atoms with Gasteiger partial charge in [0, 0.05) is 18.8 Å². The summed E-state index contributed by atoms with van der Waals surface area (Å²) in [6.07, 6.45) is 1.67. The summed E-state index contributed by atoms with van der Waals surface area (Å²) in [6, 6.07) is 9.62. The molecule has 0 aliphatic carbocycles. The maximum Gasteiger partial charge on any atom is 0.338 e. The lowest BCUT2D eigenvalue weighted by atomic mass is 10.2. The molecular formula is C20H21FN2O5S. The maximum atomic E-state index is 13.5. The monoisotopic (exact) mass is 420 g/mol. The van der Waals surface area contributed by atoms with Crippen LogP contribution >= 0.6 is 0 Å². The van der Waals surface area contributed by atoms with E-state index in [2.05, 4.69) is 5.32 Å². The average molecular weight is 420 g/mol. The molecule has 2 aromatic carbocycles. The van der Waals surface area contributed by atoms with Gasteiger partial charge in [-0.05, 0) is 61.7 Å². The van der Waals surface area contributed by atoms with Gasteiger partial charge in [0.2, 0.25) is 10.0 Å². The van der Waals surface area contributed by atoms with Crippen molar-refractivity contribution in [3.63, 3.8) is 0 Å². The SMILES string of the molecule is Cc1ccc(NC(=O)COC(=O)c2ccc(S(=O)(=O)N3CCCC3)cc2)cc1F. The quantitative estimate of drug-likeness (QED) is 0.726. The van der Waals surface area contributed by atoms with Gasteiger partial charge in [0.05, 0.1) is 10.5 Å². The number of carbonyl (C=O) groups excluding carboxylic acids is 2. The van der Waals surface area contributed by atoms with Crippen LogP contribution in [0.3, 0.4) is 0 Å². The molecule has 1 aliphatic rings. The van der Waals surface area contributed by atoms with Crippen molar-refractivity contribution in [2.75, 3.05) is 25.0 Å². The van der Waals surface area contributed by atoms with Crippen LogP contribution in [0.1, 0.15) is 28.8 Å². The number of amides is 1. The first-order valence-electron chi connectivity index (χ1n) is 9.11. The zero-order valence-corrected chi connectivity index (χ0v) is 16.7. The number of ether oxygens (including phenoxy) is 1. The number of anilines is 1. The van der Waals surface area contributed by atoms with Gasteiger partial charge < -0.3 is 10.1 Å². The molecule has 1 fully saturated rings. The fraction of sp³-hybridized carbons (Fsp3) is 0.300. The van der Waals surface area contributed by atoms with E-state index in [1.165, 1.54) is 46.8 Å². The molecule has 0 unspecified atom stereocenters. The Bertz CT molecular complexity index is 1020. The number of rotatable bonds is 6. The summed E-state index contributed by atoms with van der Waals surface area (Å²) in [7, 11) is -3.56. The molecule has 7 nitrogen and oxygen atoms in total. The fourth-order valence-electron chi connectivity index (χ4n) is 2.92. The smallest absolute Gasteiger partial charge is 0.338 e. The lowest BCUT2D eigenvalue weighted by molar-refractivity contribution is -0.119. The zero-order valence-electron chi connectivity index (χ0n) is 15.9. The third-order valence-corrected chi connectivity index (χ3v) is 6.50. The lowest BCUT2D eigenvalue weighted by Crippen LogP contribution is -2.27. The zero-order chi connectivity index (χ0) is 21.0. The molecule has 1 amide bonds. The summed E-state index contributed by atoms with van der Waals surface area (Å²) in [5, 5.41) is 2.44. The van der Waals surface area contributed by atoms with Crippen molar-refractivity contribution in [3.05, 3.63) is 59.4 Å². The summed E-state index contributed by atoms with van der Waals surface area (Å²) in [4.78, 5) is 24.1. The summed E-state index contributed by atoms with van der Waals surface area (Å²) in [6.45, 7) is 2.03. The van der Waals surface area contributed by atoms with Crippen LogP contribution in [0.25, 0.3) is 0 Å². The number of hydrogen-bond acceptors (Lipinski definition) is 5. The number of nitrogens with zero attached hydrogens (tertiary/aromatic N) is 1. The molecule has 29 heavy (non-hydrogen) atoms. The topological polar surface area (TPSA) is 92.8 Å². The Hall–Kier alpha value is -2.78. The fourth-order valence-corrected chi connectivity index (χ4v) is 4.44. The number of halogens is 1. The molecule has 0 bridgehead atoms. The van der Waals surface area contributed by atoms with E-state index in [0.717, 1.165) is 12.8 Å². The summed E-state index contributed by atoms with van der Waals surface area (Å²) in [5.74, 6) is -1.83. The standard InChI is InChI=1S/C20H21FN2O5S/c1-14-4-7-16(12-18(14)21)22-19(24)13-28-20(25)15-5-8-17(9-6-15)29(26,27)23-10-2-3-11-23/h4-9,12H,2-3,10-11,13H2,1H3,(H,22,24). The normalized spacial score (nSPS) is 14.6. The minimum Gasteiger partial charge on any atom is -0.452 e. The molecule has 0 spiro atoms. The molecule has 2 aromatic rings. The summed E-state index contributed by atoms with van der Waals surface area (Å²) in [5.41, 5.74) is 0.829. The molecule has 0 aromatic heterocycles. The Balaban J connectivity index is 1.56. The molecular weight excluding hydrogens is 399 g/mol. The number of carbonyl (C=O) groups is 2. The van der Waals surface area contributed by atoms with Gasteiger partial charge >= 0.3 is 5.97 Å². The molecule has 154 valence electrons. The van der Waals surface area contributed by atoms with Crippen LogP contribution < -0.4 is 5.32 Å². The summed E-state index contributed by atoms with van der Waals surface area (Å²) >= 11 is 0. The van der Waals surface area contributed by atoms with E-state index in [1.54, 1.807) is 6.92 Å². The van der Waals surface area contributed by atoms with Crippen LogP contribution in [0.15, 0.2) is 47.4 Å². The number of benzene rings is 2. The highest BCUT2D eigenvalue weighted by molar-refractivity contribution is 7.89. The van der Waals surface area contributed by atoms with Crippen molar-refractivity contribution >= 4 is 27.6 Å². The molecule has 0 saturated carbocycles. The molecule has 1 aliphatic heterocycles. The van der Waals surface area contributed by atoms with Gasteiger partial charge in [0.1, 0.15) is 5.82 Å². The molecule has 0 atom stereocenters. The second kappa shape index (κ2) is 8.71. The van der Waals surface area contributed by atoms with E-state index in [9.17, 15) is 22.4 Å². The first kappa shape index (κ1) is 20.9. The summed E-state index contributed by atoms with van der Waals surface area (Å²) < 4.78 is 44.8. The van der Waals surface area contributed by atoms with Crippen LogP contribution in [-0.4, -0.2) is 44.3 Å². The molecule has 0 radical (unpaired) electrons. The predicted octanol–water partition coefficient (Wildman–Crippen LogP) is 2.71. The molecule has 9 heteroatoms. The first-order chi connectivity index (χ1) is 13.8. The van der Waals surface area contributed by atoms with Gasteiger partial charge in [0.15, 0.2) is 6.61 Å². The number of hydrogen-bond donors (Lipinski definition) is 1. The van der Waals surface area contributed by atoms with E-state index < -0.39 is 34.3 Å². The van der Waals surface area contributed by atoms with E-state index in [4.69, 9.17) is 4.74 Å². The highest BCUT2D eigenvalue weighted by Gasteiger charge is 2.27. The van der Waals surface area contributed by atoms with Crippen molar-refractivity contribution in [3.8, 4) is 0 Å². The second-order valence-electron chi connectivity index (χ2n) is 6.72. The van der Waals surface area contributed by atoms with Crippen LogP contribution in [-0.2, 0) is 19.6 Å². The van der Waals surface area contributed by atoms with Gasteiger partial charge in [-0.3, -0.25) is 4.79 Å². The van der Waals surface area contributed by atoms with Crippen molar-refractivity contribution < 1.29 is 27.1 Å². The predicted molar refractivity (Wildman–Crippen MR) is 104 cm³/mol. The maximum absolute atomic E-state index is 13.5. The van der Waals surface area contributed by atoms with E-state index in [-0.39, 0.29) is 16.1 Å². The van der Waals surface area contributed by atoms with Gasteiger partial charge in [0.25, 0.3) is 5.91 Å². The van der Waals surface area contributed by atoms with Gasteiger partial charge in [-0.15, -0.1) is 0 Å². The number of aryl methyl sites for hydroxylation is 1. The largest absolute Gasteiger partial charge is 0.452 e. The molecule has 3 rings (SSSR count). The Labute approximate surface area is 168 Å². The highest BCUT2D eigenvalue weighted by Crippen LogP contribution is 2.21. The van der Waals surface area contributed by atoms with Crippen molar-refractivity contribution in [2.24, 2.45) is 0 Å². The second-order valence-corrected chi connectivity index (χ2v) is 8.66. The Morgan fingerprint density at radius 1 is 1.10 bits per heavy atom. The molecule has 1 heterocycles. The minimum absolute atomic E-state index is 0.107. The van der Waals surface area contributed by atoms with Crippen LogP contribution in [0.2, 0.25) is 0 Å². The Kier molecular flexibility index (Phi) is 6.29. The third kappa shape index (κ3) is 4.99. The van der Waals surface area contributed by atoms with Crippen molar-refractivity contribution in [1.29, 1.82) is 0 Å². The average Bonchev–Trinajstić information content (AvgIpc) is 3.25. The highest BCUT2D eigenvalue weighted by atomic mass is 32.2. The lowest BCUT2D eigenvalue weighted by Gasteiger charge is -2.15. The molecule has 1 N–H and O–H groups in total. The van der Waals surface area contributed by atoms with Gasteiger partial charge in [-0.1, -0.05) is 6.07 Å². The minimum atomic E-state index is -3.56. The Morgan fingerprint density at radius 3 is 2.38 bits per heavy atom. The van der Waals surface area contributed by atoms with Crippen molar-refractivity contribution in [1.82, 2.24) is 4.31 Å². The third-order valence-electron chi connectivity index (χ3n) is 4.58. The molecule has 1 saturated heterocycles. The number of nitrogens with one attached hydrogen (secondary N) is 1. The van der Waals surface area contributed by atoms with Crippen LogP contribution in [0, 0.1) is 12.7 Å². The van der Waals surface area contributed by atoms with Crippen molar-refractivity contribution in [2.45, 2.75) is 24.7 Å². The van der Waals surface area contributed by atoms with Gasteiger partial charge in [-0.2, -0.15) is 4.31 Å². The Morgan fingerprint density at radius 2 is 1.76 bits per heavy atom. The number of esters is 1. The first-order valence-corrected chi connectivity index (χ1v) is 10.5.